The molecule has 0 fully saturated rings. The lowest BCUT2D eigenvalue weighted by Crippen LogP contribution is -2.39. The molecule has 1 aliphatic rings. The van der Waals surface area contributed by atoms with E-state index in [2.05, 4.69) is 20.9 Å². The van der Waals surface area contributed by atoms with Crippen LogP contribution in [-0.4, -0.2) is 30.9 Å². The Morgan fingerprint density at radius 1 is 1.17 bits per heavy atom. The third-order valence-electron chi connectivity index (χ3n) is 5.50. The Bertz CT molecular complexity index is 1470. The second-order valence-corrected chi connectivity index (χ2v) is 9.53. The summed E-state index contributed by atoms with van der Waals surface area (Å²) in [7, 11) is 1.58. The van der Waals surface area contributed by atoms with Gasteiger partial charge in [0, 0.05) is 4.47 Å². The van der Waals surface area contributed by atoms with Crippen LogP contribution >= 0.6 is 27.3 Å². The van der Waals surface area contributed by atoms with Crippen LogP contribution < -0.4 is 24.4 Å². The van der Waals surface area contributed by atoms with Crippen molar-refractivity contribution < 1.29 is 19.0 Å². The summed E-state index contributed by atoms with van der Waals surface area (Å²) in [5.41, 5.74) is 2.23. The van der Waals surface area contributed by atoms with E-state index in [1.54, 1.807) is 31.6 Å². The van der Waals surface area contributed by atoms with E-state index >= 15 is 0 Å². The van der Waals surface area contributed by atoms with Crippen molar-refractivity contribution in [3.63, 3.8) is 0 Å². The molecule has 4 rings (SSSR count). The largest absolute Gasteiger partial charge is 0.493 e. The van der Waals surface area contributed by atoms with Crippen molar-refractivity contribution in [2.24, 2.45) is 4.99 Å². The first-order valence-corrected chi connectivity index (χ1v) is 12.7. The molecule has 1 aromatic heterocycles. The zero-order valence-corrected chi connectivity index (χ0v) is 22.2. The highest BCUT2D eigenvalue weighted by Crippen LogP contribution is 2.34. The number of fused-ring (bicyclic) bond motifs is 1. The van der Waals surface area contributed by atoms with Gasteiger partial charge in [0.05, 0.1) is 42.2 Å². The Hall–Kier alpha value is -3.17. The number of halogens is 1. The number of thiazole rings is 1. The van der Waals surface area contributed by atoms with Gasteiger partial charge in [0.1, 0.15) is 0 Å². The lowest BCUT2D eigenvalue weighted by molar-refractivity contribution is -0.139. The maximum Gasteiger partial charge on any atom is 0.338 e. The van der Waals surface area contributed by atoms with E-state index < -0.39 is 12.0 Å². The van der Waals surface area contributed by atoms with E-state index in [4.69, 9.17) is 14.2 Å². The molecule has 35 heavy (non-hydrogen) atoms. The topological polar surface area (TPSA) is 79.1 Å². The van der Waals surface area contributed by atoms with Crippen molar-refractivity contribution in [1.29, 1.82) is 0 Å². The molecule has 182 valence electrons. The van der Waals surface area contributed by atoms with Gasteiger partial charge >= 0.3 is 5.97 Å². The van der Waals surface area contributed by atoms with Crippen LogP contribution in [0.3, 0.4) is 0 Å². The molecule has 0 amide bonds. The Morgan fingerprint density at radius 2 is 1.91 bits per heavy atom. The first-order chi connectivity index (χ1) is 16.9. The summed E-state index contributed by atoms with van der Waals surface area (Å²) in [6.45, 7) is 6.13. The van der Waals surface area contributed by atoms with E-state index in [0.29, 0.717) is 38.7 Å². The van der Waals surface area contributed by atoms with Gasteiger partial charge in [-0.2, -0.15) is 0 Å². The van der Waals surface area contributed by atoms with E-state index in [-0.39, 0.29) is 12.2 Å². The Balaban J connectivity index is 1.93. The number of ether oxygens (including phenoxy) is 3. The van der Waals surface area contributed by atoms with Crippen molar-refractivity contribution in [2.45, 2.75) is 26.8 Å². The Morgan fingerprint density at radius 3 is 2.57 bits per heavy atom. The number of allylic oxidation sites excluding steroid dienone is 1. The van der Waals surface area contributed by atoms with E-state index in [0.717, 1.165) is 15.6 Å². The van der Waals surface area contributed by atoms with Gasteiger partial charge < -0.3 is 14.2 Å². The number of rotatable bonds is 7. The molecule has 2 heterocycles. The average Bonchev–Trinajstić information content (AvgIpc) is 3.15. The van der Waals surface area contributed by atoms with Gasteiger partial charge in [0.15, 0.2) is 16.3 Å². The van der Waals surface area contributed by atoms with Gasteiger partial charge in [-0.15, -0.1) is 0 Å². The fraction of sp³-hybridized carbons (Fsp3) is 0.269. The molecule has 0 N–H and O–H groups in total. The summed E-state index contributed by atoms with van der Waals surface area (Å²) in [5, 5.41) is 0. The molecular formula is C26H25BrN2O5S. The van der Waals surface area contributed by atoms with Gasteiger partial charge in [-0.05, 0) is 50.1 Å². The quantitative estimate of drug-likeness (QED) is 0.411. The SMILES string of the molecule is CCOC(=O)C1=C(C)N=c2sc(=Cc3cc(OCC)c(OC)cc3Br)c(=O)n2[C@H]1c1ccccc1. The van der Waals surface area contributed by atoms with Gasteiger partial charge in [0.2, 0.25) is 0 Å². The first kappa shape index (κ1) is 24.9. The number of hydrogen-bond acceptors (Lipinski definition) is 7. The van der Waals surface area contributed by atoms with Crippen LogP contribution in [0, 0.1) is 0 Å². The van der Waals surface area contributed by atoms with Crippen LogP contribution in [0.2, 0.25) is 0 Å². The normalized spacial score (nSPS) is 15.5. The number of benzene rings is 2. The molecule has 9 heteroatoms. The lowest BCUT2D eigenvalue weighted by Gasteiger charge is -2.24. The van der Waals surface area contributed by atoms with Crippen molar-refractivity contribution in [3.05, 3.63) is 89.0 Å². The van der Waals surface area contributed by atoms with E-state index in [1.807, 2.05) is 49.4 Å². The zero-order valence-electron chi connectivity index (χ0n) is 19.8. The van der Waals surface area contributed by atoms with Crippen molar-refractivity contribution in [1.82, 2.24) is 4.57 Å². The molecule has 0 saturated carbocycles. The fourth-order valence-corrected chi connectivity index (χ4v) is 5.45. The van der Waals surface area contributed by atoms with E-state index in [9.17, 15) is 9.59 Å². The minimum absolute atomic E-state index is 0.231. The highest BCUT2D eigenvalue weighted by molar-refractivity contribution is 9.10. The molecule has 1 aliphatic heterocycles. The van der Waals surface area contributed by atoms with Gasteiger partial charge in [-0.25, -0.2) is 9.79 Å². The number of carbonyl (C=O) groups excluding carboxylic acids is 1. The minimum Gasteiger partial charge on any atom is -0.493 e. The van der Waals surface area contributed by atoms with Crippen LogP contribution in [-0.2, 0) is 9.53 Å². The summed E-state index contributed by atoms with van der Waals surface area (Å²) in [6.07, 6.45) is 1.79. The molecule has 0 unspecified atom stereocenters. The molecule has 0 bridgehead atoms. The molecular weight excluding hydrogens is 532 g/mol. The summed E-state index contributed by atoms with van der Waals surface area (Å²) in [4.78, 5) is 31.8. The van der Waals surface area contributed by atoms with Crippen molar-refractivity contribution in [3.8, 4) is 11.5 Å². The van der Waals surface area contributed by atoms with E-state index in [1.165, 1.54) is 11.3 Å². The summed E-state index contributed by atoms with van der Waals surface area (Å²) < 4.78 is 19.2. The zero-order chi connectivity index (χ0) is 25.1. The van der Waals surface area contributed by atoms with Gasteiger partial charge in [-0.3, -0.25) is 9.36 Å². The molecule has 0 aliphatic carbocycles. The number of carbonyl (C=O) groups is 1. The minimum atomic E-state index is -0.632. The number of esters is 1. The van der Waals surface area contributed by atoms with Crippen LogP contribution in [0.15, 0.2) is 68.0 Å². The van der Waals surface area contributed by atoms with Crippen molar-refractivity contribution in [2.75, 3.05) is 20.3 Å². The number of aromatic nitrogens is 1. The number of methoxy groups -OCH3 is 1. The van der Waals surface area contributed by atoms with Crippen LogP contribution in [0.4, 0.5) is 0 Å². The van der Waals surface area contributed by atoms with Gasteiger partial charge in [0.25, 0.3) is 5.56 Å². The fourth-order valence-electron chi connectivity index (χ4n) is 3.97. The molecule has 0 spiro atoms. The summed E-state index contributed by atoms with van der Waals surface area (Å²) in [5.74, 6) is 0.701. The average molecular weight is 557 g/mol. The predicted molar refractivity (Wildman–Crippen MR) is 139 cm³/mol. The highest BCUT2D eigenvalue weighted by atomic mass is 79.9. The third kappa shape index (κ3) is 4.83. The highest BCUT2D eigenvalue weighted by Gasteiger charge is 2.33. The maximum absolute atomic E-state index is 13.7. The lowest BCUT2D eigenvalue weighted by atomic mass is 9.96. The Labute approximate surface area is 215 Å². The smallest absolute Gasteiger partial charge is 0.338 e. The monoisotopic (exact) mass is 556 g/mol. The van der Waals surface area contributed by atoms with Gasteiger partial charge in [-0.1, -0.05) is 57.6 Å². The Kier molecular flexibility index (Phi) is 7.57. The molecule has 2 aromatic carbocycles. The first-order valence-electron chi connectivity index (χ1n) is 11.1. The molecule has 0 saturated heterocycles. The van der Waals surface area contributed by atoms with Crippen molar-refractivity contribution >= 4 is 39.3 Å². The third-order valence-corrected chi connectivity index (χ3v) is 7.17. The predicted octanol–water partition coefficient (Wildman–Crippen LogP) is 3.97. The van der Waals surface area contributed by atoms with Crippen LogP contribution in [0.25, 0.3) is 6.08 Å². The molecule has 7 nitrogen and oxygen atoms in total. The summed E-state index contributed by atoms with van der Waals surface area (Å²) >= 11 is 4.84. The molecule has 0 radical (unpaired) electrons. The van der Waals surface area contributed by atoms with Crippen LogP contribution in [0.1, 0.15) is 37.9 Å². The second kappa shape index (κ2) is 10.6. The molecule has 3 aromatic rings. The standard InChI is InChI=1S/C26H25BrN2O5S/c1-5-33-20-12-17(18(27)14-19(20)32-4)13-21-24(30)29-23(16-10-8-7-9-11-16)22(25(31)34-6-2)15(3)28-26(29)35-21/h7-14,23H,5-6H2,1-4H3/t23-/m0/s1. The second-order valence-electron chi connectivity index (χ2n) is 7.67. The maximum atomic E-state index is 13.7. The summed E-state index contributed by atoms with van der Waals surface area (Å²) in [6, 6.07) is 12.5. The number of hydrogen-bond donors (Lipinski definition) is 0. The number of nitrogens with zero attached hydrogens (tertiary/aromatic N) is 2. The molecule has 1 atom stereocenters. The van der Waals surface area contributed by atoms with Crippen LogP contribution in [0.5, 0.6) is 11.5 Å².